The number of ether oxygens (including phenoxy) is 1. The minimum Gasteiger partial charge on any atom is -0.493 e. The second-order valence-corrected chi connectivity index (χ2v) is 7.59. The van der Waals surface area contributed by atoms with Gasteiger partial charge in [-0.25, -0.2) is 5.84 Å². The van der Waals surface area contributed by atoms with Crippen LogP contribution in [0.2, 0.25) is 0 Å². The number of thiazole rings is 1. The Morgan fingerprint density at radius 3 is 3.09 bits per heavy atom. The monoisotopic (exact) mass is 349 g/mol. The highest BCUT2D eigenvalue weighted by atomic mass is 32.2. The van der Waals surface area contributed by atoms with Gasteiger partial charge in [0.15, 0.2) is 0 Å². The van der Waals surface area contributed by atoms with E-state index in [0.29, 0.717) is 12.5 Å². The number of carbonyl (C=O) groups excluding carboxylic acids is 1. The van der Waals surface area contributed by atoms with E-state index in [0.717, 1.165) is 27.0 Å². The number of nitrogens with two attached hydrogens (primary N) is 1. The largest absolute Gasteiger partial charge is 0.493 e. The Hall–Kier alpha value is -1.77. The fourth-order valence-electron chi connectivity index (χ4n) is 3.18. The van der Waals surface area contributed by atoms with Crippen LogP contribution in [0.15, 0.2) is 34.1 Å². The van der Waals surface area contributed by atoms with E-state index in [2.05, 4.69) is 11.5 Å². The zero-order chi connectivity index (χ0) is 16.0. The molecular formula is C15H15N3O3S2. The molecule has 1 aromatic heterocycles. The maximum absolute atomic E-state index is 12.4. The number of nitrogens with one attached hydrogen (secondary N) is 1. The molecule has 2 aliphatic rings. The maximum atomic E-state index is 12.4. The van der Waals surface area contributed by atoms with E-state index in [1.807, 2.05) is 18.2 Å². The molecule has 1 aromatic carbocycles. The summed E-state index contributed by atoms with van der Waals surface area (Å²) in [5.41, 5.74) is 3.21. The summed E-state index contributed by atoms with van der Waals surface area (Å²) in [6.45, 7) is 0.618. The Labute approximate surface area is 140 Å². The van der Waals surface area contributed by atoms with Gasteiger partial charge in [-0.2, -0.15) is 0 Å². The molecule has 0 saturated carbocycles. The zero-order valence-corrected chi connectivity index (χ0v) is 13.8. The molecule has 2 aromatic rings. The van der Waals surface area contributed by atoms with E-state index in [-0.39, 0.29) is 23.2 Å². The predicted molar refractivity (Wildman–Crippen MR) is 88.9 cm³/mol. The van der Waals surface area contributed by atoms with Crippen molar-refractivity contribution in [2.24, 2.45) is 11.8 Å². The van der Waals surface area contributed by atoms with Crippen molar-refractivity contribution >= 4 is 29.0 Å². The van der Waals surface area contributed by atoms with Crippen molar-refractivity contribution in [3.63, 3.8) is 0 Å². The summed E-state index contributed by atoms with van der Waals surface area (Å²) in [5.74, 6) is 7.04. The number of carbonyl (C=O) groups is 1. The number of fused-ring (bicyclic) bond motifs is 5. The first kappa shape index (κ1) is 14.8. The van der Waals surface area contributed by atoms with Gasteiger partial charge in [-0.1, -0.05) is 29.5 Å². The fraction of sp³-hybridized carbons (Fsp3) is 0.333. The summed E-state index contributed by atoms with van der Waals surface area (Å²) in [6.07, 6.45) is 0. The Bertz CT molecular complexity index is 830. The topological polar surface area (TPSA) is 86.4 Å². The van der Waals surface area contributed by atoms with Gasteiger partial charge in [-0.3, -0.25) is 19.6 Å². The van der Waals surface area contributed by atoms with Gasteiger partial charge in [-0.05, 0) is 6.07 Å². The van der Waals surface area contributed by atoms with Crippen LogP contribution in [0, 0.1) is 5.92 Å². The van der Waals surface area contributed by atoms with Gasteiger partial charge in [0.2, 0.25) is 0 Å². The van der Waals surface area contributed by atoms with Gasteiger partial charge in [0, 0.05) is 28.0 Å². The quantitative estimate of drug-likeness (QED) is 0.482. The molecule has 4 rings (SSSR count). The lowest BCUT2D eigenvalue weighted by Gasteiger charge is -2.36. The summed E-state index contributed by atoms with van der Waals surface area (Å²) >= 11 is 2.85. The molecule has 2 aliphatic heterocycles. The molecule has 0 aliphatic carbocycles. The second kappa shape index (κ2) is 5.70. The normalized spacial score (nSPS) is 21.6. The van der Waals surface area contributed by atoms with E-state index in [1.165, 1.54) is 15.9 Å². The molecule has 0 spiro atoms. The summed E-state index contributed by atoms with van der Waals surface area (Å²) in [5, 5.41) is 0.890. The van der Waals surface area contributed by atoms with Crippen molar-refractivity contribution in [3.05, 3.63) is 44.4 Å². The third kappa shape index (κ3) is 2.37. The average molecular weight is 349 g/mol. The fourth-order valence-corrected chi connectivity index (χ4v) is 5.87. The van der Waals surface area contributed by atoms with Crippen molar-refractivity contribution < 1.29 is 9.53 Å². The molecular weight excluding hydrogens is 334 g/mol. The highest BCUT2D eigenvalue weighted by Crippen LogP contribution is 2.50. The molecule has 6 nitrogen and oxygen atoms in total. The lowest BCUT2D eigenvalue weighted by atomic mass is 9.84. The Balaban J connectivity index is 1.82. The molecule has 3 heterocycles. The number of thioether (sulfide) groups is 1. The molecule has 0 radical (unpaired) electrons. The highest BCUT2D eigenvalue weighted by Gasteiger charge is 2.39. The molecule has 0 fully saturated rings. The molecule has 3 N–H and O–H groups in total. The van der Waals surface area contributed by atoms with E-state index >= 15 is 0 Å². The predicted octanol–water partition coefficient (Wildman–Crippen LogP) is 1.15. The van der Waals surface area contributed by atoms with Crippen LogP contribution in [0.4, 0.5) is 0 Å². The summed E-state index contributed by atoms with van der Waals surface area (Å²) in [7, 11) is 0. The number of nitrogens with zero attached hydrogens (tertiary/aromatic N) is 1. The van der Waals surface area contributed by atoms with Crippen LogP contribution < -0.4 is 20.9 Å². The first-order valence-corrected chi connectivity index (χ1v) is 9.06. The van der Waals surface area contributed by atoms with Crippen LogP contribution in [0.1, 0.15) is 16.4 Å². The highest BCUT2D eigenvalue weighted by molar-refractivity contribution is 7.99. The Kier molecular flexibility index (Phi) is 3.67. The molecule has 1 amide bonds. The number of benzene rings is 1. The summed E-state index contributed by atoms with van der Waals surface area (Å²) < 4.78 is 7.38. The van der Waals surface area contributed by atoms with Crippen molar-refractivity contribution in [1.82, 2.24) is 9.99 Å². The second-order valence-electron chi connectivity index (χ2n) is 5.59. The number of hydrazine groups is 1. The van der Waals surface area contributed by atoms with Crippen molar-refractivity contribution in [2.75, 3.05) is 12.4 Å². The maximum Gasteiger partial charge on any atom is 0.308 e. The summed E-state index contributed by atoms with van der Waals surface area (Å²) in [6, 6.07) is 7.98. The number of amides is 1. The number of aromatic nitrogens is 1. The molecule has 8 heteroatoms. The molecule has 23 heavy (non-hydrogen) atoms. The molecule has 120 valence electrons. The standard InChI is InChI=1S/C15H15N3O3S2/c16-17-11(19)5-18-14-13(23-15(18)20)12-8(7-22-14)6-21-10-4-2-1-3-9(10)12/h1-4,8,12H,5-7,16H2,(H,17,19)/t8-,12+/m0/s1. The van der Waals surface area contributed by atoms with Crippen LogP contribution in [0.3, 0.4) is 0 Å². The van der Waals surface area contributed by atoms with Gasteiger partial charge in [0.25, 0.3) is 5.91 Å². The van der Waals surface area contributed by atoms with E-state index in [9.17, 15) is 9.59 Å². The van der Waals surface area contributed by atoms with Crippen molar-refractivity contribution in [1.29, 1.82) is 0 Å². The first-order chi connectivity index (χ1) is 11.2. The first-order valence-electron chi connectivity index (χ1n) is 7.26. The number of hydrogen-bond donors (Lipinski definition) is 2. The number of para-hydroxylation sites is 1. The van der Waals surface area contributed by atoms with Crippen LogP contribution in [0.5, 0.6) is 5.75 Å². The van der Waals surface area contributed by atoms with E-state index in [4.69, 9.17) is 10.6 Å². The van der Waals surface area contributed by atoms with Gasteiger partial charge < -0.3 is 4.74 Å². The minimum absolute atomic E-state index is 0.0380. The van der Waals surface area contributed by atoms with Crippen LogP contribution in [0.25, 0.3) is 0 Å². The van der Waals surface area contributed by atoms with E-state index < -0.39 is 0 Å². The van der Waals surface area contributed by atoms with Gasteiger partial charge >= 0.3 is 4.87 Å². The number of hydrogen-bond acceptors (Lipinski definition) is 6. The minimum atomic E-state index is -0.372. The Morgan fingerprint density at radius 2 is 2.26 bits per heavy atom. The molecule has 0 unspecified atom stereocenters. The SMILES string of the molecule is NNC(=O)Cn1c2c(sc1=O)[C@H]1c3ccccc3OC[C@H]1CS2. The van der Waals surface area contributed by atoms with Crippen molar-refractivity contribution in [2.45, 2.75) is 17.5 Å². The lowest BCUT2D eigenvalue weighted by Crippen LogP contribution is -2.36. The van der Waals surface area contributed by atoms with Gasteiger partial charge in [0.1, 0.15) is 12.3 Å². The van der Waals surface area contributed by atoms with E-state index in [1.54, 1.807) is 11.8 Å². The smallest absolute Gasteiger partial charge is 0.308 e. The van der Waals surface area contributed by atoms with Crippen LogP contribution >= 0.6 is 23.1 Å². The molecule has 2 atom stereocenters. The van der Waals surface area contributed by atoms with Gasteiger partial charge in [-0.15, -0.1) is 11.8 Å². The van der Waals surface area contributed by atoms with Crippen LogP contribution in [-0.4, -0.2) is 22.8 Å². The molecule has 0 saturated heterocycles. The Morgan fingerprint density at radius 1 is 1.43 bits per heavy atom. The van der Waals surface area contributed by atoms with Crippen LogP contribution in [-0.2, 0) is 11.3 Å². The zero-order valence-electron chi connectivity index (χ0n) is 12.2. The molecule has 0 bridgehead atoms. The lowest BCUT2D eigenvalue weighted by molar-refractivity contribution is -0.121. The van der Waals surface area contributed by atoms with Crippen molar-refractivity contribution in [3.8, 4) is 5.75 Å². The number of rotatable bonds is 2. The summed E-state index contributed by atoms with van der Waals surface area (Å²) in [4.78, 5) is 24.9. The third-order valence-electron chi connectivity index (χ3n) is 4.23. The van der Waals surface area contributed by atoms with Gasteiger partial charge in [0.05, 0.1) is 11.6 Å². The third-order valence-corrected chi connectivity index (χ3v) is 6.73. The average Bonchev–Trinajstić information content (AvgIpc) is 2.90.